The number of rotatable bonds is 5. The molecule has 0 spiro atoms. The van der Waals surface area contributed by atoms with E-state index in [9.17, 15) is 9.90 Å². The van der Waals surface area contributed by atoms with Crippen molar-refractivity contribution < 1.29 is 14.6 Å². The molecular weight excluding hydrogens is 326 g/mol. The molecule has 2 aromatic rings. The summed E-state index contributed by atoms with van der Waals surface area (Å²) in [6.45, 7) is 6.40. The summed E-state index contributed by atoms with van der Waals surface area (Å²) >= 11 is 0. The first kappa shape index (κ1) is 18.8. The molecule has 0 saturated heterocycles. The van der Waals surface area contributed by atoms with Crippen molar-refractivity contribution in [2.24, 2.45) is 5.92 Å². The highest BCUT2D eigenvalue weighted by molar-refractivity contribution is 5.93. The van der Waals surface area contributed by atoms with Crippen LogP contribution < -0.4 is 0 Å². The fourth-order valence-electron chi connectivity index (χ4n) is 3.77. The van der Waals surface area contributed by atoms with Crippen molar-refractivity contribution in [2.75, 3.05) is 6.61 Å². The molecule has 1 aromatic carbocycles. The molecule has 140 valence electrons. The summed E-state index contributed by atoms with van der Waals surface area (Å²) in [6, 6.07) is 7.85. The summed E-state index contributed by atoms with van der Waals surface area (Å²) in [7, 11) is 0. The van der Waals surface area contributed by atoms with Crippen molar-refractivity contribution >= 4 is 16.9 Å². The molecule has 0 radical (unpaired) electrons. The summed E-state index contributed by atoms with van der Waals surface area (Å²) in [5.74, 6) is -0.107. The molecule has 1 heterocycles. The van der Waals surface area contributed by atoms with Gasteiger partial charge in [-0.3, -0.25) is 0 Å². The highest BCUT2D eigenvalue weighted by atomic mass is 16.5. The number of benzene rings is 1. The maximum atomic E-state index is 12.5. The van der Waals surface area contributed by atoms with Crippen molar-refractivity contribution in [2.45, 2.75) is 64.9 Å². The monoisotopic (exact) mass is 355 g/mol. The lowest BCUT2D eigenvalue weighted by molar-refractivity contribution is 0.00468. The standard InChI is InChI=1S/C22H29NO3/c1-15(2)14-26-21(24)19-12-17(13-22(25)10-5-4-6-11-22)18-9-7-8-16(3)20(18)23-19/h7-9,12,15,25H,4-6,10-11,13-14H2,1-3H3. The van der Waals surface area contributed by atoms with Crippen LogP contribution in [0.3, 0.4) is 0 Å². The van der Waals surface area contributed by atoms with Crippen LogP contribution in [-0.4, -0.2) is 28.3 Å². The number of pyridine rings is 1. The maximum Gasteiger partial charge on any atom is 0.356 e. The zero-order valence-corrected chi connectivity index (χ0v) is 16.0. The predicted molar refractivity (Wildman–Crippen MR) is 103 cm³/mol. The molecular formula is C22H29NO3. The Labute approximate surface area is 155 Å². The van der Waals surface area contributed by atoms with E-state index in [0.29, 0.717) is 18.7 Å². The van der Waals surface area contributed by atoms with Crippen LogP contribution in [-0.2, 0) is 11.2 Å². The molecule has 1 N–H and O–H groups in total. The molecule has 1 aliphatic carbocycles. The van der Waals surface area contributed by atoms with Crippen LogP contribution >= 0.6 is 0 Å². The first-order valence-electron chi connectivity index (χ1n) is 9.67. The van der Waals surface area contributed by atoms with E-state index in [0.717, 1.165) is 47.7 Å². The van der Waals surface area contributed by atoms with Gasteiger partial charge in [0.15, 0.2) is 0 Å². The van der Waals surface area contributed by atoms with Gasteiger partial charge in [-0.25, -0.2) is 9.78 Å². The van der Waals surface area contributed by atoms with Gasteiger partial charge in [0, 0.05) is 11.8 Å². The number of aliphatic hydroxyl groups is 1. The topological polar surface area (TPSA) is 59.4 Å². The lowest BCUT2D eigenvalue weighted by Gasteiger charge is -2.32. The van der Waals surface area contributed by atoms with Crippen molar-refractivity contribution in [3.05, 3.63) is 41.1 Å². The molecule has 0 unspecified atom stereocenters. The Morgan fingerprint density at radius 3 is 2.69 bits per heavy atom. The summed E-state index contributed by atoms with van der Waals surface area (Å²) < 4.78 is 5.38. The minimum atomic E-state index is -0.685. The Morgan fingerprint density at radius 2 is 2.00 bits per heavy atom. The molecule has 4 nitrogen and oxygen atoms in total. The molecule has 1 aromatic heterocycles. The van der Waals surface area contributed by atoms with Crippen LogP contribution in [0.15, 0.2) is 24.3 Å². The summed E-state index contributed by atoms with van der Waals surface area (Å²) in [4.78, 5) is 17.1. The third kappa shape index (κ3) is 4.24. The van der Waals surface area contributed by atoms with E-state index >= 15 is 0 Å². The molecule has 3 rings (SSSR count). The zero-order valence-electron chi connectivity index (χ0n) is 16.0. The van der Waals surface area contributed by atoms with E-state index in [-0.39, 0.29) is 11.9 Å². The zero-order chi connectivity index (χ0) is 18.7. The average molecular weight is 355 g/mol. The van der Waals surface area contributed by atoms with Gasteiger partial charge >= 0.3 is 5.97 Å². The molecule has 1 saturated carbocycles. The number of para-hydroxylation sites is 1. The van der Waals surface area contributed by atoms with Gasteiger partial charge in [-0.05, 0) is 42.9 Å². The Bertz CT molecular complexity index is 791. The van der Waals surface area contributed by atoms with Gasteiger partial charge in [0.2, 0.25) is 0 Å². The number of esters is 1. The quantitative estimate of drug-likeness (QED) is 0.797. The van der Waals surface area contributed by atoms with Gasteiger partial charge in [-0.2, -0.15) is 0 Å². The summed E-state index contributed by atoms with van der Waals surface area (Å²) in [6.07, 6.45) is 5.49. The Morgan fingerprint density at radius 1 is 1.27 bits per heavy atom. The first-order valence-corrected chi connectivity index (χ1v) is 9.67. The number of carbonyl (C=O) groups is 1. The smallest absolute Gasteiger partial charge is 0.356 e. The van der Waals surface area contributed by atoms with Crippen molar-refractivity contribution in [1.82, 2.24) is 4.98 Å². The summed E-state index contributed by atoms with van der Waals surface area (Å²) in [5.41, 5.74) is 2.48. The fraction of sp³-hybridized carbons (Fsp3) is 0.545. The number of aryl methyl sites for hydroxylation is 1. The van der Waals surface area contributed by atoms with Crippen LogP contribution in [0.2, 0.25) is 0 Å². The van der Waals surface area contributed by atoms with E-state index in [2.05, 4.69) is 4.98 Å². The lowest BCUT2D eigenvalue weighted by Crippen LogP contribution is -2.34. The van der Waals surface area contributed by atoms with Gasteiger partial charge in [-0.15, -0.1) is 0 Å². The second-order valence-corrected chi connectivity index (χ2v) is 8.09. The van der Waals surface area contributed by atoms with Crippen molar-refractivity contribution in [3.63, 3.8) is 0 Å². The predicted octanol–water partition coefficient (Wildman–Crippen LogP) is 4.59. The number of ether oxygens (including phenoxy) is 1. The molecule has 0 aliphatic heterocycles. The fourth-order valence-corrected chi connectivity index (χ4v) is 3.77. The van der Waals surface area contributed by atoms with Crippen LogP contribution in [0.25, 0.3) is 10.9 Å². The number of hydrogen-bond acceptors (Lipinski definition) is 4. The highest BCUT2D eigenvalue weighted by Crippen LogP contribution is 2.33. The van der Waals surface area contributed by atoms with Gasteiger partial charge in [-0.1, -0.05) is 51.3 Å². The van der Waals surface area contributed by atoms with E-state index in [1.165, 1.54) is 6.42 Å². The SMILES string of the molecule is Cc1cccc2c(CC3(O)CCCCC3)cc(C(=O)OCC(C)C)nc12. The summed E-state index contributed by atoms with van der Waals surface area (Å²) in [5, 5.41) is 12.0. The molecule has 1 fully saturated rings. The van der Waals surface area contributed by atoms with Crippen molar-refractivity contribution in [1.29, 1.82) is 0 Å². The van der Waals surface area contributed by atoms with Crippen LogP contribution in [0.5, 0.6) is 0 Å². The van der Waals surface area contributed by atoms with E-state index in [1.807, 2.05) is 45.0 Å². The van der Waals surface area contributed by atoms with Crippen LogP contribution in [0.4, 0.5) is 0 Å². The lowest BCUT2D eigenvalue weighted by atomic mass is 9.80. The normalized spacial score (nSPS) is 16.8. The molecule has 26 heavy (non-hydrogen) atoms. The highest BCUT2D eigenvalue weighted by Gasteiger charge is 2.30. The van der Waals surface area contributed by atoms with Crippen LogP contribution in [0, 0.1) is 12.8 Å². The molecule has 1 aliphatic rings. The van der Waals surface area contributed by atoms with E-state index in [1.54, 1.807) is 0 Å². The Kier molecular flexibility index (Phi) is 5.61. The third-order valence-electron chi connectivity index (χ3n) is 5.19. The van der Waals surface area contributed by atoms with E-state index in [4.69, 9.17) is 4.74 Å². The number of aromatic nitrogens is 1. The minimum Gasteiger partial charge on any atom is -0.461 e. The van der Waals surface area contributed by atoms with Gasteiger partial charge < -0.3 is 9.84 Å². The molecule has 0 bridgehead atoms. The maximum absolute atomic E-state index is 12.5. The molecule has 4 heteroatoms. The third-order valence-corrected chi connectivity index (χ3v) is 5.19. The number of nitrogens with zero attached hydrogens (tertiary/aromatic N) is 1. The average Bonchev–Trinajstić information content (AvgIpc) is 2.60. The van der Waals surface area contributed by atoms with E-state index < -0.39 is 5.60 Å². The Hall–Kier alpha value is -1.94. The van der Waals surface area contributed by atoms with Crippen molar-refractivity contribution in [3.8, 4) is 0 Å². The number of fused-ring (bicyclic) bond motifs is 1. The van der Waals surface area contributed by atoms with Gasteiger partial charge in [0.05, 0.1) is 17.7 Å². The minimum absolute atomic E-state index is 0.281. The first-order chi connectivity index (χ1) is 12.4. The number of hydrogen-bond donors (Lipinski definition) is 1. The van der Waals surface area contributed by atoms with Gasteiger partial charge in [0.1, 0.15) is 5.69 Å². The van der Waals surface area contributed by atoms with Gasteiger partial charge in [0.25, 0.3) is 0 Å². The Balaban J connectivity index is 1.99. The second kappa shape index (κ2) is 7.75. The molecule has 0 amide bonds. The van der Waals surface area contributed by atoms with Crippen LogP contribution in [0.1, 0.15) is 67.6 Å². The second-order valence-electron chi connectivity index (χ2n) is 8.09. The largest absolute Gasteiger partial charge is 0.461 e. The number of carbonyl (C=O) groups excluding carboxylic acids is 1. The molecule has 0 atom stereocenters.